The minimum Gasteiger partial charge on any atom is -0.361 e. The van der Waals surface area contributed by atoms with Gasteiger partial charge in [0.15, 0.2) is 0 Å². The van der Waals surface area contributed by atoms with Crippen molar-refractivity contribution in [3.8, 4) is 0 Å². The third-order valence-electron chi connectivity index (χ3n) is 8.07. The van der Waals surface area contributed by atoms with Crippen LogP contribution in [0.25, 0.3) is 21.7 Å². The number of aromatic nitrogens is 1. The molecule has 6 aromatic rings. The molecule has 0 bridgehead atoms. The number of hydrogen-bond donors (Lipinski definition) is 1. The van der Waals surface area contributed by atoms with Crippen LogP contribution in [0.2, 0.25) is 0 Å². The van der Waals surface area contributed by atoms with E-state index in [2.05, 4.69) is 11.1 Å². The van der Waals surface area contributed by atoms with Gasteiger partial charge < -0.3 is 14.8 Å². The molecule has 0 aliphatic rings. The molecule has 2 amide bonds. The van der Waals surface area contributed by atoms with Crippen LogP contribution in [0.3, 0.4) is 0 Å². The van der Waals surface area contributed by atoms with Crippen molar-refractivity contribution in [1.29, 1.82) is 0 Å². The molecule has 0 unspecified atom stereocenters. The Hall–Kier alpha value is -5.23. The van der Waals surface area contributed by atoms with Gasteiger partial charge in [0.2, 0.25) is 5.91 Å². The predicted molar refractivity (Wildman–Crippen MR) is 174 cm³/mol. The molecular weight excluding hydrogens is 549 g/mol. The van der Waals surface area contributed by atoms with Crippen LogP contribution in [-0.4, -0.2) is 39.7 Å². The van der Waals surface area contributed by atoms with Crippen LogP contribution in [0.5, 0.6) is 0 Å². The van der Waals surface area contributed by atoms with Crippen molar-refractivity contribution < 1.29 is 14.0 Å². The van der Waals surface area contributed by atoms with Crippen molar-refractivity contribution in [1.82, 2.24) is 14.8 Å². The third-order valence-corrected chi connectivity index (χ3v) is 8.07. The summed E-state index contributed by atoms with van der Waals surface area (Å²) >= 11 is 0. The summed E-state index contributed by atoms with van der Waals surface area (Å²) < 4.78 is 13.7. The van der Waals surface area contributed by atoms with E-state index < -0.39 is 0 Å². The molecule has 0 saturated carbocycles. The lowest BCUT2D eigenvalue weighted by molar-refractivity contribution is -0.132. The highest BCUT2D eigenvalue weighted by Gasteiger charge is 2.24. The summed E-state index contributed by atoms with van der Waals surface area (Å²) in [7, 11) is 0. The molecule has 44 heavy (non-hydrogen) atoms. The van der Waals surface area contributed by atoms with Crippen molar-refractivity contribution in [3.05, 3.63) is 155 Å². The molecule has 1 aromatic heterocycles. The number of hydrogen-bond acceptors (Lipinski definition) is 2. The number of carbonyl (C=O) groups excluding carboxylic acids is 2. The number of carbonyl (C=O) groups is 2. The Balaban J connectivity index is 1.28. The van der Waals surface area contributed by atoms with Gasteiger partial charge in [-0.1, -0.05) is 90.5 Å². The Bertz CT molecular complexity index is 1910. The van der Waals surface area contributed by atoms with Gasteiger partial charge >= 0.3 is 0 Å². The number of para-hydroxylation sites is 1. The molecule has 0 radical (unpaired) electrons. The third kappa shape index (κ3) is 6.70. The number of nitrogens with one attached hydrogen (secondary N) is 1. The average molecular weight is 584 g/mol. The lowest BCUT2D eigenvalue weighted by Crippen LogP contribution is -2.43. The first-order valence-electron chi connectivity index (χ1n) is 14.8. The lowest BCUT2D eigenvalue weighted by atomic mass is 10.1. The van der Waals surface area contributed by atoms with Gasteiger partial charge in [-0.05, 0) is 71.1 Å². The van der Waals surface area contributed by atoms with Crippen LogP contribution >= 0.6 is 0 Å². The lowest BCUT2D eigenvalue weighted by Gasteiger charge is -2.28. The minimum atomic E-state index is -0.348. The van der Waals surface area contributed by atoms with E-state index in [0.717, 1.165) is 43.9 Å². The summed E-state index contributed by atoms with van der Waals surface area (Å²) in [5, 5.41) is 3.12. The van der Waals surface area contributed by atoms with Crippen LogP contribution in [0.4, 0.5) is 4.39 Å². The van der Waals surface area contributed by atoms with Crippen LogP contribution in [0, 0.1) is 12.7 Å². The number of aromatic amines is 1. The Morgan fingerprint density at radius 2 is 1.39 bits per heavy atom. The molecule has 0 aliphatic carbocycles. The zero-order valence-electron chi connectivity index (χ0n) is 24.7. The van der Waals surface area contributed by atoms with E-state index >= 15 is 0 Å². The quantitative estimate of drug-likeness (QED) is 0.180. The van der Waals surface area contributed by atoms with E-state index in [1.54, 1.807) is 23.1 Å². The van der Waals surface area contributed by atoms with Gasteiger partial charge in [-0.25, -0.2) is 4.39 Å². The fourth-order valence-corrected chi connectivity index (χ4v) is 5.58. The SMILES string of the molecule is Cc1ccc(CN(CCc2c[nH]c3ccccc23)C(=O)CN(Cc2ccc(F)cc2)C(=O)c2ccc3ccccc3c2)cc1. The van der Waals surface area contributed by atoms with Crippen LogP contribution < -0.4 is 0 Å². The average Bonchev–Trinajstić information content (AvgIpc) is 3.47. The Morgan fingerprint density at radius 1 is 0.727 bits per heavy atom. The van der Waals surface area contributed by atoms with Gasteiger partial charge in [-0.3, -0.25) is 9.59 Å². The second-order valence-electron chi connectivity index (χ2n) is 11.3. The first-order valence-corrected chi connectivity index (χ1v) is 14.8. The van der Waals surface area contributed by atoms with Crippen molar-refractivity contribution in [2.24, 2.45) is 0 Å². The highest BCUT2D eigenvalue weighted by Crippen LogP contribution is 2.21. The van der Waals surface area contributed by atoms with Gasteiger partial charge in [0.1, 0.15) is 12.4 Å². The molecule has 6 heteroatoms. The summed E-state index contributed by atoms with van der Waals surface area (Å²) in [6, 6.07) is 35.8. The maximum Gasteiger partial charge on any atom is 0.254 e. The normalized spacial score (nSPS) is 11.1. The topological polar surface area (TPSA) is 56.4 Å². The number of rotatable bonds is 10. The van der Waals surface area contributed by atoms with Crippen LogP contribution in [0.1, 0.15) is 32.6 Å². The Morgan fingerprint density at radius 3 is 2.16 bits per heavy atom. The zero-order valence-corrected chi connectivity index (χ0v) is 24.7. The number of nitrogens with zero attached hydrogens (tertiary/aromatic N) is 2. The van der Waals surface area contributed by atoms with E-state index in [1.165, 1.54) is 12.1 Å². The fraction of sp³-hybridized carbons (Fsp3) is 0.158. The van der Waals surface area contributed by atoms with Gasteiger partial charge in [0, 0.05) is 42.3 Å². The number of amides is 2. The van der Waals surface area contributed by atoms with Crippen LogP contribution in [-0.2, 0) is 24.3 Å². The molecule has 0 fully saturated rings. The van der Waals surface area contributed by atoms with E-state index in [9.17, 15) is 14.0 Å². The first-order chi connectivity index (χ1) is 21.4. The first kappa shape index (κ1) is 28.9. The van der Waals surface area contributed by atoms with E-state index in [4.69, 9.17) is 0 Å². The van der Waals surface area contributed by atoms with Gasteiger partial charge in [0.05, 0.1) is 0 Å². The van der Waals surface area contributed by atoms with E-state index in [-0.39, 0.29) is 30.7 Å². The smallest absolute Gasteiger partial charge is 0.254 e. The van der Waals surface area contributed by atoms with Crippen molar-refractivity contribution in [2.75, 3.05) is 13.1 Å². The summed E-state index contributed by atoms with van der Waals surface area (Å²) in [6.45, 7) is 3.02. The summed E-state index contributed by atoms with van der Waals surface area (Å²) in [6.07, 6.45) is 2.67. The maximum atomic E-state index is 14.1. The van der Waals surface area contributed by atoms with E-state index in [1.807, 2.05) is 96.9 Å². The predicted octanol–water partition coefficient (Wildman–Crippen LogP) is 7.68. The molecule has 0 saturated heterocycles. The Labute approximate surface area is 256 Å². The molecule has 1 N–H and O–H groups in total. The van der Waals surface area contributed by atoms with Crippen molar-refractivity contribution in [3.63, 3.8) is 0 Å². The summed E-state index contributed by atoms with van der Waals surface area (Å²) in [4.78, 5) is 34.8. The number of aryl methyl sites for hydroxylation is 1. The highest BCUT2D eigenvalue weighted by atomic mass is 19.1. The molecule has 1 heterocycles. The zero-order chi connectivity index (χ0) is 30.5. The second kappa shape index (κ2) is 13.0. The molecule has 0 atom stereocenters. The van der Waals surface area contributed by atoms with Crippen LogP contribution in [0.15, 0.2) is 121 Å². The number of halogens is 1. The number of fused-ring (bicyclic) bond motifs is 2. The largest absolute Gasteiger partial charge is 0.361 e. The molecule has 220 valence electrons. The van der Waals surface area contributed by atoms with Gasteiger partial charge in [-0.2, -0.15) is 0 Å². The van der Waals surface area contributed by atoms with Crippen molar-refractivity contribution in [2.45, 2.75) is 26.4 Å². The molecule has 0 aliphatic heterocycles. The molecule has 0 spiro atoms. The Kier molecular flexibility index (Phi) is 8.50. The number of H-pyrrole nitrogens is 1. The van der Waals surface area contributed by atoms with Gasteiger partial charge in [0.25, 0.3) is 5.91 Å². The van der Waals surface area contributed by atoms with E-state index in [0.29, 0.717) is 25.1 Å². The molecule has 5 aromatic carbocycles. The molecule has 5 nitrogen and oxygen atoms in total. The summed E-state index contributed by atoms with van der Waals surface area (Å²) in [5.74, 6) is -0.749. The van der Waals surface area contributed by atoms with Crippen molar-refractivity contribution >= 4 is 33.5 Å². The van der Waals surface area contributed by atoms with Gasteiger partial charge in [-0.15, -0.1) is 0 Å². The number of benzene rings is 5. The summed E-state index contributed by atoms with van der Waals surface area (Å²) in [5.41, 5.74) is 5.62. The highest BCUT2D eigenvalue weighted by molar-refractivity contribution is 6.00. The minimum absolute atomic E-state index is 0.108. The maximum absolute atomic E-state index is 14.1. The monoisotopic (exact) mass is 583 g/mol. The standard InChI is InChI=1S/C38H34FN3O2/c1-27-10-12-28(13-11-27)24-41(21-20-33-23-40-36-9-5-4-8-35(33)36)37(43)26-42(25-29-14-18-34(39)19-15-29)38(44)32-17-16-30-6-2-3-7-31(30)22-32/h2-19,22-23,40H,20-21,24-26H2,1H3. The fourth-order valence-electron chi connectivity index (χ4n) is 5.58. The molecular formula is C38H34FN3O2. The second-order valence-corrected chi connectivity index (χ2v) is 11.3. The molecule has 6 rings (SSSR count).